The molecular formula is C29H25F7N7O2+. The predicted molar refractivity (Wildman–Crippen MR) is 146 cm³/mol. The first-order chi connectivity index (χ1) is 21.2. The van der Waals surface area contributed by atoms with Crippen LogP contribution in [0.25, 0.3) is 0 Å². The number of rotatable bonds is 5. The lowest BCUT2D eigenvalue weighted by molar-refractivity contribution is -0.750. The first-order valence-electron chi connectivity index (χ1n) is 13.9. The number of nitrogens with one attached hydrogen (secondary N) is 1. The molecule has 1 aromatic carbocycles. The van der Waals surface area contributed by atoms with Gasteiger partial charge in [0, 0.05) is 30.1 Å². The highest BCUT2D eigenvalue weighted by Gasteiger charge is 2.53. The fourth-order valence-electron chi connectivity index (χ4n) is 5.73. The molecule has 4 aliphatic rings. The number of likely N-dealkylation sites (tertiary alicyclic amines) is 1. The van der Waals surface area contributed by atoms with Gasteiger partial charge in [-0.2, -0.15) is 37.2 Å². The van der Waals surface area contributed by atoms with Crippen LogP contribution in [0.1, 0.15) is 47.2 Å². The number of benzene rings is 1. The largest absolute Gasteiger partial charge is 0.416 e. The van der Waals surface area contributed by atoms with Crippen molar-refractivity contribution in [2.24, 2.45) is 27.7 Å². The van der Waals surface area contributed by atoms with Crippen LogP contribution in [-0.4, -0.2) is 57.1 Å². The summed E-state index contributed by atoms with van der Waals surface area (Å²) in [5, 5.41) is 2.20. The Bertz CT molecular complexity index is 1690. The molecule has 3 atom stereocenters. The third-order valence-electron chi connectivity index (χ3n) is 8.18. The molecule has 1 aromatic heterocycles. The summed E-state index contributed by atoms with van der Waals surface area (Å²) < 4.78 is 95.7. The zero-order valence-corrected chi connectivity index (χ0v) is 23.2. The number of nitrogens with zero attached hydrogens (tertiary/aromatic N) is 5. The molecule has 1 saturated heterocycles. The van der Waals surface area contributed by atoms with Crippen molar-refractivity contribution in [2.45, 2.75) is 44.1 Å². The number of hydrogen-bond donors (Lipinski definition) is 2. The van der Waals surface area contributed by atoms with Gasteiger partial charge in [0.25, 0.3) is 11.7 Å². The number of allylic oxidation sites excluding steroid dienone is 1. The quantitative estimate of drug-likeness (QED) is 0.264. The van der Waals surface area contributed by atoms with E-state index in [9.17, 15) is 35.9 Å². The van der Waals surface area contributed by atoms with Gasteiger partial charge in [-0.3, -0.25) is 14.6 Å². The van der Waals surface area contributed by atoms with Crippen LogP contribution >= 0.6 is 0 Å². The fraction of sp³-hybridized carbons (Fsp3) is 0.345. The van der Waals surface area contributed by atoms with Crippen LogP contribution in [0.4, 0.5) is 36.6 Å². The number of carbonyl (C=O) groups excluding carboxylic acids is 2. The Kier molecular flexibility index (Phi) is 7.39. The van der Waals surface area contributed by atoms with Gasteiger partial charge in [0.05, 0.1) is 23.5 Å². The summed E-state index contributed by atoms with van der Waals surface area (Å²) in [5.41, 5.74) is -0.838. The number of pyridine rings is 1. The summed E-state index contributed by atoms with van der Waals surface area (Å²) >= 11 is 0. The molecule has 6 rings (SSSR count). The zero-order chi connectivity index (χ0) is 32.3. The highest BCUT2D eigenvalue weighted by atomic mass is 19.4. The van der Waals surface area contributed by atoms with Gasteiger partial charge in [0.2, 0.25) is 11.6 Å². The molecular weight excluding hydrogens is 611 g/mol. The second kappa shape index (κ2) is 10.9. The number of fused-ring (bicyclic) bond motifs is 1. The molecule has 45 heavy (non-hydrogen) atoms. The fourth-order valence-corrected chi connectivity index (χ4v) is 5.73. The van der Waals surface area contributed by atoms with Crippen molar-refractivity contribution in [2.75, 3.05) is 11.9 Å². The predicted octanol–water partition coefficient (Wildman–Crippen LogP) is 5.29. The van der Waals surface area contributed by atoms with Crippen LogP contribution in [0.3, 0.4) is 0 Å². The monoisotopic (exact) mass is 636 g/mol. The van der Waals surface area contributed by atoms with Crippen molar-refractivity contribution in [3.8, 4) is 0 Å². The third kappa shape index (κ3) is 5.75. The highest BCUT2D eigenvalue weighted by Crippen LogP contribution is 2.43. The number of quaternary nitrogens is 1. The van der Waals surface area contributed by atoms with E-state index < -0.39 is 63.8 Å². The molecule has 0 radical (unpaired) electrons. The number of amidine groups is 1. The lowest BCUT2D eigenvalue weighted by Crippen LogP contribution is -2.55. The van der Waals surface area contributed by atoms with E-state index in [0.29, 0.717) is 24.6 Å². The standard InChI is InChI=1S/C29H24F7N7O2/c30-20-11-16(26(44)40-23-12-18(7-8-39-23)28(31,32)33)3-5-19(20)25-41-24(21-13-38-9-10-43(21,25)37)17-4-6-22(29(34,35)36)42(14-17)27(45)15-1-2-15/h3,5,7-13,15,17,22H,1-2,4,6,14,37H2/p+1. The summed E-state index contributed by atoms with van der Waals surface area (Å²) in [6.07, 6.45) is -3.48. The average Bonchev–Trinajstić information content (AvgIpc) is 3.78. The summed E-state index contributed by atoms with van der Waals surface area (Å²) in [6.45, 7) is -0.252. The van der Waals surface area contributed by atoms with Gasteiger partial charge in [0.15, 0.2) is 0 Å². The number of aromatic nitrogens is 1. The number of carbonyl (C=O) groups is 2. The van der Waals surface area contributed by atoms with Crippen LogP contribution in [0.5, 0.6) is 0 Å². The maximum atomic E-state index is 15.6. The van der Waals surface area contributed by atoms with Gasteiger partial charge < -0.3 is 10.2 Å². The zero-order valence-electron chi connectivity index (χ0n) is 23.2. The Morgan fingerprint density at radius 1 is 1.02 bits per heavy atom. The van der Waals surface area contributed by atoms with Gasteiger partial charge in [-0.15, -0.1) is 4.59 Å². The lowest BCUT2D eigenvalue weighted by atomic mass is 9.88. The molecule has 2 aromatic rings. The topological polar surface area (TPSA) is 113 Å². The van der Waals surface area contributed by atoms with E-state index in [1.54, 1.807) is 0 Å². The summed E-state index contributed by atoms with van der Waals surface area (Å²) in [6, 6.07) is 2.75. The van der Waals surface area contributed by atoms with Crippen LogP contribution in [-0.2, 0) is 11.0 Å². The van der Waals surface area contributed by atoms with Crippen molar-refractivity contribution < 1.29 is 44.9 Å². The molecule has 3 N–H and O–H groups in total. The molecule has 0 bridgehead atoms. The average molecular weight is 637 g/mol. The van der Waals surface area contributed by atoms with Gasteiger partial charge in [0.1, 0.15) is 29.6 Å². The number of alkyl halides is 6. The number of nitrogens with two attached hydrogens (primary N) is 1. The van der Waals surface area contributed by atoms with E-state index in [4.69, 9.17) is 5.84 Å². The van der Waals surface area contributed by atoms with Crippen LogP contribution in [0, 0.1) is 17.7 Å². The lowest BCUT2D eigenvalue weighted by Gasteiger charge is -2.40. The molecule has 3 aliphatic heterocycles. The number of anilines is 1. The highest BCUT2D eigenvalue weighted by molar-refractivity contribution is 6.05. The summed E-state index contributed by atoms with van der Waals surface area (Å²) in [4.78, 5) is 38.9. The molecule has 9 nitrogen and oxygen atoms in total. The van der Waals surface area contributed by atoms with Crippen molar-refractivity contribution in [1.82, 2.24) is 9.88 Å². The van der Waals surface area contributed by atoms with E-state index in [0.717, 1.165) is 23.2 Å². The van der Waals surface area contributed by atoms with E-state index >= 15 is 4.39 Å². The molecule has 3 unspecified atom stereocenters. The number of piperidine rings is 1. The molecule has 1 aliphatic carbocycles. The first kappa shape index (κ1) is 30.6. The van der Waals surface area contributed by atoms with E-state index in [1.807, 2.05) is 0 Å². The second-order valence-corrected chi connectivity index (χ2v) is 11.2. The van der Waals surface area contributed by atoms with Crippen molar-refractivity contribution in [3.63, 3.8) is 0 Å². The van der Waals surface area contributed by atoms with E-state index in [1.165, 1.54) is 30.7 Å². The molecule has 2 amide bonds. The molecule has 4 heterocycles. The Morgan fingerprint density at radius 3 is 2.44 bits per heavy atom. The normalized spacial score (nSPS) is 24.9. The van der Waals surface area contributed by atoms with Crippen molar-refractivity contribution >= 4 is 29.7 Å². The molecule has 236 valence electrons. The van der Waals surface area contributed by atoms with Crippen molar-refractivity contribution in [1.29, 1.82) is 0 Å². The summed E-state index contributed by atoms with van der Waals surface area (Å²) in [7, 11) is 0. The molecule has 0 spiro atoms. The van der Waals surface area contributed by atoms with Crippen LogP contribution in [0.15, 0.2) is 70.3 Å². The molecule has 1 saturated carbocycles. The van der Waals surface area contributed by atoms with Gasteiger partial charge in [-0.1, -0.05) is 0 Å². The van der Waals surface area contributed by atoms with Crippen LogP contribution in [0.2, 0.25) is 0 Å². The Balaban J connectivity index is 1.28. The maximum Gasteiger partial charge on any atom is 0.416 e. The Morgan fingerprint density at radius 2 is 1.78 bits per heavy atom. The van der Waals surface area contributed by atoms with Gasteiger partial charge >= 0.3 is 12.4 Å². The SMILES string of the molecule is N[N+]12C=CN=CC1=C(C1CCC(C(F)(F)F)N(C(=O)C3CC3)C1)N=C2c1ccc(C(=O)Nc2cc(C(F)(F)F)ccn2)cc1F. The smallest absolute Gasteiger partial charge is 0.330 e. The minimum atomic E-state index is -4.67. The van der Waals surface area contributed by atoms with Gasteiger partial charge in [-0.25, -0.2) is 9.37 Å². The number of amides is 2. The molecule has 16 heteroatoms. The minimum absolute atomic E-state index is 0.0376. The van der Waals surface area contributed by atoms with E-state index in [-0.39, 0.29) is 42.0 Å². The van der Waals surface area contributed by atoms with Crippen LogP contribution < -0.4 is 11.2 Å². The Labute approximate surface area is 251 Å². The van der Waals surface area contributed by atoms with Crippen molar-refractivity contribution in [3.05, 3.63) is 82.8 Å². The van der Waals surface area contributed by atoms with E-state index in [2.05, 4.69) is 20.3 Å². The number of hydrogen-bond acceptors (Lipinski definition) is 6. The second-order valence-electron chi connectivity index (χ2n) is 11.2. The Hall–Kier alpha value is -4.44. The summed E-state index contributed by atoms with van der Waals surface area (Å²) in [5.74, 6) is 2.73. The maximum absolute atomic E-state index is 15.6. The third-order valence-corrected chi connectivity index (χ3v) is 8.18. The number of halogens is 7. The van der Waals surface area contributed by atoms with Gasteiger partial charge in [-0.05, 0) is 56.0 Å². The number of aliphatic imine (C=N–C) groups is 2. The minimum Gasteiger partial charge on any atom is -0.330 e. The molecule has 2 fully saturated rings. The first-order valence-corrected chi connectivity index (χ1v) is 13.9.